The summed E-state index contributed by atoms with van der Waals surface area (Å²) in [4.78, 5) is 27.4. The van der Waals surface area contributed by atoms with E-state index in [1.165, 1.54) is 18.3 Å². The second-order valence-electron chi connectivity index (χ2n) is 5.71. The number of thiazole rings is 1. The quantitative estimate of drug-likeness (QED) is 0.760. The summed E-state index contributed by atoms with van der Waals surface area (Å²) < 4.78 is 0.849. The monoisotopic (exact) mass is 306 g/mol. The van der Waals surface area contributed by atoms with Crippen LogP contribution in [0.1, 0.15) is 38.1 Å². The molecular weight excluding hydrogens is 288 g/mol. The van der Waals surface area contributed by atoms with Gasteiger partial charge in [0.25, 0.3) is 5.91 Å². The van der Waals surface area contributed by atoms with E-state index in [9.17, 15) is 9.59 Å². The smallest absolute Gasteiger partial charge is 0.265 e. The van der Waals surface area contributed by atoms with E-state index in [1.54, 1.807) is 18.2 Å². The average molecular weight is 306 g/mol. The van der Waals surface area contributed by atoms with Crippen molar-refractivity contribution in [3.8, 4) is 0 Å². The fourth-order valence-corrected chi connectivity index (χ4v) is 2.54. The van der Waals surface area contributed by atoms with Crippen molar-refractivity contribution in [2.45, 2.75) is 33.2 Å². The molecule has 2 aromatic rings. The van der Waals surface area contributed by atoms with Gasteiger partial charge in [0.2, 0.25) is 5.91 Å². The molecule has 0 saturated carbocycles. The highest BCUT2D eigenvalue weighted by atomic mass is 32.1. The number of hydrogen-bond donors (Lipinski definition) is 3. The van der Waals surface area contributed by atoms with Crippen LogP contribution in [-0.2, 0) is 4.79 Å². The maximum atomic E-state index is 12.1. The highest BCUT2D eigenvalue weighted by molar-refractivity contribution is 7.22. The van der Waals surface area contributed by atoms with Gasteiger partial charge in [-0.1, -0.05) is 11.3 Å². The third-order valence-corrected chi connectivity index (χ3v) is 3.42. The lowest BCUT2D eigenvalue weighted by atomic mass is 10.1. The molecule has 0 radical (unpaired) electrons. The van der Waals surface area contributed by atoms with E-state index in [-0.39, 0.29) is 17.4 Å². The lowest BCUT2D eigenvalue weighted by Gasteiger charge is -2.20. The molecule has 0 aliphatic carbocycles. The third kappa shape index (κ3) is 4.24. The minimum absolute atomic E-state index is 0.165. The summed E-state index contributed by atoms with van der Waals surface area (Å²) in [5, 5.41) is 3.17. The number of nitrogens with one attached hydrogen (secondary N) is 3. The van der Waals surface area contributed by atoms with E-state index in [4.69, 9.17) is 0 Å². The van der Waals surface area contributed by atoms with Crippen LogP contribution in [0, 0.1) is 0 Å². The van der Waals surface area contributed by atoms with Gasteiger partial charge in [-0.25, -0.2) is 10.4 Å². The van der Waals surface area contributed by atoms with Crippen LogP contribution in [0.5, 0.6) is 0 Å². The van der Waals surface area contributed by atoms with Crippen LogP contribution in [0.2, 0.25) is 0 Å². The van der Waals surface area contributed by atoms with Crippen molar-refractivity contribution in [1.82, 2.24) is 15.8 Å². The molecule has 0 bridgehead atoms. The zero-order chi connectivity index (χ0) is 15.6. The molecule has 21 heavy (non-hydrogen) atoms. The zero-order valence-electron chi connectivity index (χ0n) is 12.4. The fourth-order valence-electron chi connectivity index (χ4n) is 1.59. The SMILES string of the molecule is CC(=O)Nc1nc2ccc(C(=O)NNC(C)(C)C)cc2s1. The number of hydrazine groups is 1. The van der Waals surface area contributed by atoms with Crippen LogP contribution in [0.15, 0.2) is 18.2 Å². The number of carbonyl (C=O) groups excluding carboxylic acids is 2. The number of benzene rings is 1. The number of anilines is 1. The average Bonchev–Trinajstić information content (AvgIpc) is 2.74. The van der Waals surface area contributed by atoms with Crippen molar-refractivity contribution in [3.05, 3.63) is 23.8 Å². The number of nitrogens with zero attached hydrogens (tertiary/aromatic N) is 1. The Morgan fingerprint density at radius 1 is 1.24 bits per heavy atom. The van der Waals surface area contributed by atoms with E-state index in [2.05, 4.69) is 21.2 Å². The summed E-state index contributed by atoms with van der Waals surface area (Å²) in [7, 11) is 0. The number of fused-ring (bicyclic) bond motifs is 1. The van der Waals surface area contributed by atoms with Gasteiger partial charge in [0.15, 0.2) is 5.13 Å². The van der Waals surface area contributed by atoms with Gasteiger partial charge in [0.05, 0.1) is 10.2 Å². The molecule has 7 heteroatoms. The van der Waals surface area contributed by atoms with Crippen LogP contribution in [0.25, 0.3) is 10.2 Å². The van der Waals surface area contributed by atoms with Gasteiger partial charge in [0.1, 0.15) is 0 Å². The molecule has 0 aliphatic rings. The maximum absolute atomic E-state index is 12.1. The Morgan fingerprint density at radius 3 is 2.57 bits per heavy atom. The second-order valence-corrected chi connectivity index (χ2v) is 6.74. The topological polar surface area (TPSA) is 83.1 Å². The van der Waals surface area contributed by atoms with E-state index in [0.29, 0.717) is 10.7 Å². The summed E-state index contributed by atoms with van der Waals surface area (Å²) >= 11 is 1.34. The predicted octanol–water partition coefficient (Wildman–Crippen LogP) is 2.29. The van der Waals surface area contributed by atoms with Gasteiger partial charge in [-0.2, -0.15) is 0 Å². The molecule has 1 aromatic carbocycles. The minimum atomic E-state index is -0.207. The van der Waals surface area contributed by atoms with E-state index in [1.807, 2.05) is 20.8 Å². The van der Waals surface area contributed by atoms with Crippen LogP contribution in [0.4, 0.5) is 5.13 Å². The predicted molar refractivity (Wildman–Crippen MR) is 84.3 cm³/mol. The lowest BCUT2D eigenvalue weighted by Crippen LogP contribution is -2.48. The first-order valence-corrected chi connectivity index (χ1v) is 7.32. The van der Waals surface area contributed by atoms with Gasteiger partial charge in [0, 0.05) is 18.0 Å². The Bertz CT molecular complexity index is 688. The maximum Gasteiger partial charge on any atom is 0.265 e. The molecule has 0 aliphatic heterocycles. The number of aromatic nitrogens is 1. The summed E-state index contributed by atoms with van der Waals surface area (Å²) in [6.07, 6.45) is 0. The number of hydrogen-bond acceptors (Lipinski definition) is 5. The van der Waals surface area contributed by atoms with Crippen molar-refractivity contribution >= 4 is 38.5 Å². The zero-order valence-corrected chi connectivity index (χ0v) is 13.2. The van der Waals surface area contributed by atoms with Crippen molar-refractivity contribution < 1.29 is 9.59 Å². The van der Waals surface area contributed by atoms with Crippen LogP contribution in [0.3, 0.4) is 0 Å². The number of rotatable bonds is 3. The molecule has 0 fully saturated rings. The third-order valence-electron chi connectivity index (χ3n) is 2.48. The molecule has 0 saturated heterocycles. The van der Waals surface area contributed by atoms with Gasteiger partial charge >= 0.3 is 0 Å². The van der Waals surface area contributed by atoms with Crippen molar-refractivity contribution in [2.75, 3.05) is 5.32 Å². The minimum Gasteiger partial charge on any atom is -0.302 e. The molecule has 6 nitrogen and oxygen atoms in total. The first-order valence-electron chi connectivity index (χ1n) is 6.50. The lowest BCUT2D eigenvalue weighted by molar-refractivity contribution is -0.114. The molecule has 3 N–H and O–H groups in total. The van der Waals surface area contributed by atoms with E-state index in [0.717, 1.165) is 10.2 Å². The molecule has 1 aromatic heterocycles. The molecule has 0 unspecified atom stereocenters. The van der Waals surface area contributed by atoms with Crippen LogP contribution in [-0.4, -0.2) is 22.3 Å². The first kappa shape index (κ1) is 15.4. The standard InChI is InChI=1S/C14H18N4O2S/c1-8(19)15-13-16-10-6-5-9(7-11(10)21-13)12(20)17-18-14(2,3)4/h5-7,18H,1-4H3,(H,17,20)(H,15,16,19). The summed E-state index contributed by atoms with van der Waals surface area (Å²) in [6.45, 7) is 7.31. The van der Waals surface area contributed by atoms with Crippen LogP contribution >= 0.6 is 11.3 Å². The van der Waals surface area contributed by atoms with Crippen molar-refractivity contribution in [1.29, 1.82) is 0 Å². The second kappa shape index (κ2) is 5.79. The van der Waals surface area contributed by atoms with Gasteiger partial charge < -0.3 is 5.32 Å². The molecular formula is C14H18N4O2S. The molecule has 0 spiro atoms. The Labute approximate surface area is 126 Å². The largest absolute Gasteiger partial charge is 0.302 e. The van der Waals surface area contributed by atoms with Gasteiger partial charge in [-0.15, -0.1) is 0 Å². The summed E-state index contributed by atoms with van der Waals surface area (Å²) in [6, 6.07) is 5.24. The highest BCUT2D eigenvalue weighted by Gasteiger charge is 2.13. The molecule has 1 heterocycles. The van der Waals surface area contributed by atoms with E-state index < -0.39 is 0 Å². The molecule has 0 atom stereocenters. The van der Waals surface area contributed by atoms with Gasteiger partial charge in [-0.05, 0) is 39.0 Å². The van der Waals surface area contributed by atoms with Gasteiger partial charge in [-0.3, -0.25) is 15.0 Å². The Morgan fingerprint density at radius 2 is 1.95 bits per heavy atom. The fraction of sp³-hybridized carbons (Fsp3) is 0.357. The Kier molecular flexibility index (Phi) is 4.24. The Hall–Kier alpha value is -1.99. The Balaban J connectivity index is 2.18. The number of carbonyl (C=O) groups is 2. The normalized spacial score (nSPS) is 11.4. The highest BCUT2D eigenvalue weighted by Crippen LogP contribution is 2.26. The van der Waals surface area contributed by atoms with Crippen molar-refractivity contribution in [3.63, 3.8) is 0 Å². The van der Waals surface area contributed by atoms with Crippen molar-refractivity contribution in [2.24, 2.45) is 0 Å². The van der Waals surface area contributed by atoms with Crippen LogP contribution < -0.4 is 16.2 Å². The number of amides is 2. The summed E-state index contributed by atoms with van der Waals surface area (Å²) in [5.41, 5.74) is 6.69. The van der Waals surface area contributed by atoms with E-state index >= 15 is 0 Å². The first-order chi connectivity index (χ1) is 9.74. The summed E-state index contributed by atoms with van der Waals surface area (Å²) in [5.74, 6) is -0.372. The molecule has 2 rings (SSSR count). The molecule has 2 amide bonds. The molecule has 112 valence electrons.